The molecule has 150 valence electrons. The van der Waals surface area contributed by atoms with Crippen LogP contribution in [0.15, 0.2) is 29.2 Å². The standard InChI is InChI=1S/C19H28N2O5S/c1-3-21(4-2)27(25,26)17-9-5-8-16(13-17)19(24)20-12-6-7-15(14-20)10-11-18(22)23/h5,8-9,13,15H,3-4,6-7,10-12,14H2,1-2H3,(H,22,23). The van der Waals surface area contributed by atoms with Crippen molar-refractivity contribution >= 4 is 21.9 Å². The fourth-order valence-corrected chi connectivity index (χ4v) is 5.00. The number of likely N-dealkylation sites (tertiary alicyclic amines) is 1. The molecule has 0 aliphatic carbocycles. The van der Waals surface area contributed by atoms with Gasteiger partial charge in [0.15, 0.2) is 0 Å². The number of piperidine rings is 1. The second-order valence-electron chi connectivity index (χ2n) is 6.81. The summed E-state index contributed by atoms with van der Waals surface area (Å²) in [4.78, 5) is 25.5. The Morgan fingerprint density at radius 1 is 1.26 bits per heavy atom. The van der Waals surface area contributed by atoms with Gasteiger partial charge in [0.1, 0.15) is 0 Å². The first-order chi connectivity index (χ1) is 12.8. The van der Waals surface area contributed by atoms with Gasteiger partial charge < -0.3 is 10.0 Å². The zero-order chi connectivity index (χ0) is 20.0. The fourth-order valence-electron chi connectivity index (χ4n) is 3.50. The lowest BCUT2D eigenvalue weighted by molar-refractivity contribution is -0.137. The van der Waals surface area contributed by atoms with Crippen LogP contribution in [0.2, 0.25) is 0 Å². The molecule has 1 aromatic rings. The van der Waals surface area contributed by atoms with Gasteiger partial charge in [0, 0.05) is 38.2 Å². The van der Waals surface area contributed by atoms with E-state index in [1.165, 1.54) is 16.4 Å². The molecule has 1 aliphatic heterocycles. The third kappa shape index (κ3) is 5.29. The molecule has 27 heavy (non-hydrogen) atoms. The van der Waals surface area contributed by atoms with Crippen LogP contribution >= 0.6 is 0 Å². The minimum Gasteiger partial charge on any atom is -0.481 e. The first kappa shape index (κ1) is 21.4. The summed E-state index contributed by atoms with van der Waals surface area (Å²) in [5.74, 6) is -0.860. The largest absolute Gasteiger partial charge is 0.481 e. The minimum atomic E-state index is -3.62. The van der Waals surface area contributed by atoms with E-state index in [1.807, 2.05) is 0 Å². The van der Waals surface area contributed by atoms with E-state index in [0.717, 1.165) is 12.8 Å². The predicted octanol–water partition coefficient (Wildman–Crippen LogP) is 2.43. The first-order valence-electron chi connectivity index (χ1n) is 9.40. The highest BCUT2D eigenvalue weighted by Crippen LogP contribution is 2.24. The summed E-state index contributed by atoms with van der Waals surface area (Å²) < 4.78 is 26.7. The molecular formula is C19H28N2O5S. The van der Waals surface area contributed by atoms with Gasteiger partial charge in [0.25, 0.3) is 5.91 Å². The molecule has 8 heteroatoms. The van der Waals surface area contributed by atoms with Crippen LogP contribution < -0.4 is 0 Å². The Labute approximate surface area is 161 Å². The average Bonchev–Trinajstić information content (AvgIpc) is 2.67. The molecule has 0 bridgehead atoms. The number of rotatable bonds is 8. The molecule has 1 aliphatic rings. The van der Waals surface area contributed by atoms with Crippen molar-refractivity contribution in [1.82, 2.24) is 9.21 Å². The smallest absolute Gasteiger partial charge is 0.303 e. The van der Waals surface area contributed by atoms with Crippen LogP contribution in [-0.2, 0) is 14.8 Å². The molecule has 0 saturated carbocycles. The summed E-state index contributed by atoms with van der Waals surface area (Å²) in [6.07, 6.45) is 2.39. The highest BCUT2D eigenvalue weighted by Gasteiger charge is 2.27. The topological polar surface area (TPSA) is 95.0 Å². The zero-order valence-corrected chi connectivity index (χ0v) is 16.7. The molecule has 7 nitrogen and oxygen atoms in total. The lowest BCUT2D eigenvalue weighted by atomic mass is 9.93. The van der Waals surface area contributed by atoms with Crippen LogP contribution in [0.4, 0.5) is 0 Å². The molecule has 1 fully saturated rings. The van der Waals surface area contributed by atoms with Crippen LogP contribution in [0.1, 0.15) is 49.9 Å². The maximum absolute atomic E-state index is 12.9. The maximum Gasteiger partial charge on any atom is 0.303 e. The van der Waals surface area contributed by atoms with Crippen molar-refractivity contribution in [2.24, 2.45) is 5.92 Å². The van der Waals surface area contributed by atoms with Crippen molar-refractivity contribution in [2.75, 3.05) is 26.2 Å². The number of aliphatic carboxylic acids is 1. The molecule has 1 aromatic carbocycles. The van der Waals surface area contributed by atoms with Gasteiger partial charge in [-0.3, -0.25) is 9.59 Å². The van der Waals surface area contributed by atoms with Crippen molar-refractivity contribution in [2.45, 2.75) is 44.4 Å². The van der Waals surface area contributed by atoms with Gasteiger partial charge in [-0.1, -0.05) is 19.9 Å². The number of benzene rings is 1. The fraction of sp³-hybridized carbons (Fsp3) is 0.579. The summed E-state index contributed by atoms with van der Waals surface area (Å²) in [6.45, 7) is 5.42. The first-order valence-corrected chi connectivity index (χ1v) is 10.8. The average molecular weight is 397 g/mol. The Kier molecular flexibility index (Phi) is 7.38. The van der Waals surface area contributed by atoms with Gasteiger partial charge >= 0.3 is 5.97 Å². The Balaban J connectivity index is 2.16. The van der Waals surface area contributed by atoms with E-state index < -0.39 is 16.0 Å². The lowest BCUT2D eigenvalue weighted by Gasteiger charge is -2.32. The number of carbonyl (C=O) groups excluding carboxylic acids is 1. The summed E-state index contributed by atoms with van der Waals surface area (Å²) >= 11 is 0. The lowest BCUT2D eigenvalue weighted by Crippen LogP contribution is -2.40. The number of nitrogens with zero attached hydrogens (tertiary/aromatic N) is 2. The van der Waals surface area contributed by atoms with E-state index in [-0.39, 0.29) is 23.1 Å². The normalized spacial score (nSPS) is 17.9. The van der Waals surface area contributed by atoms with Gasteiger partial charge in [-0.25, -0.2) is 8.42 Å². The number of hydrogen-bond acceptors (Lipinski definition) is 4. The number of hydrogen-bond donors (Lipinski definition) is 1. The number of sulfonamides is 1. The van der Waals surface area contributed by atoms with Crippen molar-refractivity contribution in [1.29, 1.82) is 0 Å². The maximum atomic E-state index is 12.9. The van der Waals surface area contributed by atoms with E-state index in [4.69, 9.17) is 5.11 Å². The number of carbonyl (C=O) groups is 2. The summed E-state index contributed by atoms with van der Waals surface area (Å²) in [5.41, 5.74) is 0.349. The number of amides is 1. The van der Waals surface area contributed by atoms with Crippen molar-refractivity contribution in [3.63, 3.8) is 0 Å². The van der Waals surface area contributed by atoms with E-state index in [2.05, 4.69) is 0 Å². The van der Waals surface area contributed by atoms with Crippen LogP contribution in [0, 0.1) is 5.92 Å². The molecule has 2 rings (SSSR count). The quantitative estimate of drug-likeness (QED) is 0.728. The SMILES string of the molecule is CCN(CC)S(=O)(=O)c1cccc(C(=O)N2CCCC(CCC(=O)O)C2)c1. The van der Waals surface area contributed by atoms with Gasteiger partial charge in [-0.05, 0) is 43.4 Å². The molecule has 0 spiro atoms. The van der Waals surface area contributed by atoms with Crippen molar-refractivity contribution in [3.05, 3.63) is 29.8 Å². The summed E-state index contributed by atoms with van der Waals surface area (Å²) in [7, 11) is -3.62. The molecule has 1 saturated heterocycles. The zero-order valence-electron chi connectivity index (χ0n) is 15.9. The van der Waals surface area contributed by atoms with E-state index in [0.29, 0.717) is 38.2 Å². The summed E-state index contributed by atoms with van der Waals surface area (Å²) in [5, 5.41) is 8.85. The van der Waals surface area contributed by atoms with Crippen LogP contribution in [0.5, 0.6) is 0 Å². The molecule has 1 amide bonds. The Hall–Kier alpha value is -1.93. The molecular weight excluding hydrogens is 368 g/mol. The Morgan fingerprint density at radius 2 is 1.96 bits per heavy atom. The Bertz CT molecular complexity index is 774. The molecule has 1 unspecified atom stereocenters. The van der Waals surface area contributed by atoms with Crippen LogP contribution in [-0.4, -0.2) is 60.8 Å². The van der Waals surface area contributed by atoms with E-state index in [9.17, 15) is 18.0 Å². The molecule has 1 N–H and O–H groups in total. The van der Waals surface area contributed by atoms with Gasteiger partial charge in [-0.15, -0.1) is 0 Å². The van der Waals surface area contributed by atoms with Gasteiger partial charge in [0.2, 0.25) is 10.0 Å². The molecule has 1 heterocycles. The third-order valence-corrected chi connectivity index (χ3v) is 7.04. The van der Waals surface area contributed by atoms with Gasteiger partial charge in [0.05, 0.1) is 4.90 Å². The number of carboxylic acids is 1. The van der Waals surface area contributed by atoms with Crippen LogP contribution in [0.3, 0.4) is 0 Å². The van der Waals surface area contributed by atoms with E-state index in [1.54, 1.807) is 30.9 Å². The predicted molar refractivity (Wildman–Crippen MR) is 102 cm³/mol. The molecule has 1 atom stereocenters. The monoisotopic (exact) mass is 396 g/mol. The van der Waals surface area contributed by atoms with Crippen molar-refractivity contribution < 1.29 is 23.1 Å². The van der Waals surface area contributed by atoms with Crippen LogP contribution in [0.25, 0.3) is 0 Å². The number of carboxylic acid groups (broad SMARTS) is 1. The van der Waals surface area contributed by atoms with E-state index >= 15 is 0 Å². The Morgan fingerprint density at radius 3 is 2.59 bits per heavy atom. The minimum absolute atomic E-state index is 0.101. The highest BCUT2D eigenvalue weighted by molar-refractivity contribution is 7.89. The highest BCUT2D eigenvalue weighted by atomic mass is 32.2. The van der Waals surface area contributed by atoms with Crippen molar-refractivity contribution in [3.8, 4) is 0 Å². The third-order valence-electron chi connectivity index (χ3n) is 5.00. The second-order valence-corrected chi connectivity index (χ2v) is 8.75. The molecule has 0 radical (unpaired) electrons. The van der Waals surface area contributed by atoms with Gasteiger partial charge in [-0.2, -0.15) is 4.31 Å². The molecule has 0 aromatic heterocycles. The second kappa shape index (κ2) is 9.32. The summed E-state index contributed by atoms with van der Waals surface area (Å²) in [6, 6.07) is 6.17.